The zero-order valence-corrected chi connectivity index (χ0v) is 25.3. The molecule has 1 fully saturated rings. The monoisotopic (exact) mass is 600 g/mol. The summed E-state index contributed by atoms with van der Waals surface area (Å²) in [6, 6.07) is 12.9. The molecule has 5 rings (SSSR count). The van der Waals surface area contributed by atoms with Crippen molar-refractivity contribution in [2.75, 3.05) is 31.0 Å². The van der Waals surface area contributed by atoms with Gasteiger partial charge in [-0.2, -0.15) is 0 Å². The third kappa shape index (κ3) is 5.60. The van der Waals surface area contributed by atoms with Gasteiger partial charge >= 0.3 is 6.03 Å². The van der Waals surface area contributed by atoms with Crippen LogP contribution in [0.2, 0.25) is 0 Å². The highest BCUT2D eigenvalue weighted by atomic mass is 19.1. The van der Waals surface area contributed by atoms with Crippen molar-refractivity contribution in [1.82, 2.24) is 9.88 Å². The highest BCUT2D eigenvalue weighted by Gasteiger charge is 2.44. The van der Waals surface area contributed by atoms with Crippen molar-refractivity contribution in [3.05, 3.63) is 77.7 Å². The number of carbonyl (C=O) groups excluding carboxylic acids is 3. The summed E-state index contributed by atoms with van der Waals surface area (Å²) >= 11 is 0. The van der Waals surface area contributed by atoms with E-state index in [-0.39, 0.29) is 18.3 Å². The molecule has 11 heteroatoms. The van der Waals surface area contributed by atoms with Crippen molar-refractivity contribution in [2.24, 2.45) is 5.92 Å². The van der Waals surface area contributed by atoms with E-state index in [1.807, 2.05) is 13.8 Å². The van der Waals surface area contributed by atoms with Crippen LogP contribution in [0.25, 0.3) is 10.9 Å². The number of hydrogen-bond donors (Lipinski definition) is 1. The molecule has 0 aliphatic carbocycles. The van der Waals surface area contributed by atoms with Gasteiger partial charge in [0, 0.05) is 35.9 Å². The van der Waals surface area contributed by atoms with Crippen LogP contribution in [-0.4, -0.2) is 54.5 Å². The molecule has 228 valence electrons. The van der Waals surface area contributed by atoms with Gasteiger partial charge in [-0.1, -0.05) is 0 Å². The molecule has 3 aromatic carbocycles. The van der Waals surface area contributed by atoms with Crippen molar-refractivity contribution < 1.29 is 33.0 Å². The first-order valence-electron chi connectivity index (χ1n) is 14.0. The molecule has 1 aromatic heterocycles. The first kappa shape index (κ1) is 30.3. The van der Waals surface area contributed by atoms with Crippen molar-refractivity contribution in [3.8, 4) is 23.0 Å². The van der Waals surface area contributed by atoms with Gasteiger partial charge in [-0.15, -0.1) is 0 Å². The van der Waals surface area contributed by atoms with E-state index in [1.54, 1.807) is 64.6 Å². The number of nitrogens with one attached hydrogen (secondary N) is 1. The molecule has 4 amide bonds. The standard InChI is InChI=1S/C33H33FN4O6/c1-18(2)37-17-24(32(40)38(33(37)41)22-9-7-21(34)8-10-22)31(39)36-25-11-12-27(20(4)19(25)3)44-28-13-14-35-26-16-30(43-6)29(42-5)15-23(26)28/h7-16,18,24H,17H2,1-6H3,(H,36,39). The number of halogens is 1. The van der Waals surface area contributed by atoms with Crippen molar-refractivity contribution in [3.63, 3.8) is 0 Å². The summed E-state index contributed by atoms with van der Waals surface area (Å²) in [6.45, 7) is 7.23. The molecule has 0 bridgehead atoms. The number of aromatic nitrogens is 1. The molecule has 2 heterocycles. The first-order valence-corrected chi connectivity index (χ1v) is 14.0. The summed E-state index contributed by atoms with van der Waals surface area (Å²) < 4.78 is 30.7. The number of urea groups is 1. The highest BCUT2D eigenvalue weighted by molar-refractivity contribution is 6.23. The van der Waals surface area contributed by atoms with E-state index < -0.39 is 29.6 Å². The lowest BCUT2D eigenvalue weighted by Gasteiger charge is -2.40. The molecule has 1 aliphatic rings. The fourth-order valence-electron chi connectivity index (χ4n) is 5.10. The molecule has 4 aromatic rings. The van der Waals surface area contributed by atoms with E-state index in [0.29, 0.717) is 34.2 Å². The molecule has 0 radical (unpaired) electrons. The maximum Gasteiger partial charge on any atom is 0.331 e. The van der Waals surface area contributed by atoms with Gasteiger partial charge in [0.2, 0.25) is 11.8 Å². The maximum absolute atomic E-state index is 13.6. The second kappa shape index (κ2) is 12.2. The Kier molecular flexibility index (Phi) is 8.39. The number of imide groups is 1. The van der Waals surface area contributed by atoms with Crippen LogP contribution in [0, 0.1) is 25.6 Å². The van der Waals surface area contributed by atoms with E-state index in [2.05, 4.69) is 10.3 Å². The average Bonchev–Trinajstić information content (AvgIpc) is 3.01. The van der Waals surface area contributed by atoms with E-state index in [0.717, 1.165) is 33.5 Å². The Balaban J connectivity index is 1.40. The lowest BCUT2D eigenvalue weighted by Crippen LogP contribution is -2.61. The number of amides is 4. The molecule has 0 saturated carbocycles. The Morgan fingerprint density at radius 3 is 2.27 bits per heavy atom. The second-order valence-electron chi connectivity index (χ2n) is 10.7. The number of ether oxygens (including phenoxy) is 3. The number of nitrogens with zero attached hydrogens (tertiary/aromatic N) is 3. The Bertz CT molecular complexity index is 1760. The van der Waals surface area contributed by atoms with Crippen molar-refractivity contribution >= 4 is 40.1 Å². The van der Waals surface area contributed by atoms with Gasteiger partial charge in [0.25, 0.3) is 0 Å². The Hall–Kier alpha value is -5.19. The summed E-state index contributed by atoms with van der Waals surface area (Å²) in [5, 5.41) is 3.60. The largest absolute Gasteiger partial charge is 0.493 e. The van der Waals surface area contributed by atoms with Gasteiger partial charge in [-0.05, 0) is 87.4 Å². The fraction of sp³-hybridized carbons (Fsp3) is 0.273. The van der Waals surface area contributed by atoms with Crippen LogP contribution in [0.1, 0.15) is 25.0 Å². The molecule has 1 atom stereocenters. The molecule has 1 unspecified atom stereocenters. The number of methoxy groups -OCH3 is 2. The number of hydrogen-bond acceptors (Lipinski definition) is 7. The van der Waals surface area contributed by atoms with E-state index in [9.17, 15) is 18.8 Å². The smallest absolute Gasteiger partial charge is 0.331 e. The summed E-state index contributed by atoms with van der Waals surface area (Å²) in [7, 11) is 3.11. The minimum Gasteiger partial charge on any atom is -0.493 e. The molecule has 1 saturated heterocycles. The van der Waals surface area contributed by atoms with Crippen molar-refractivity contribution in [2.45, 2.75) is 33.7 Å². The first-order chi connectivity index (χ1) is 21.0. The van der Waals surface area contributed by atoms with Crippen LogP contribution in [0.3, 0.4) is 0 Å². The van der Waals surface area contributed by atoms with E-state index in [4.69, 9.17) is 14.2 Å². The average molecular weight is 601 g/mol. The van der Waals surface area contributed by atoms with Gasteiger partial charge in [-0.3, -0.25) is 14.6 Å². The Labute approximate surface area is 254 Å². The maximum atomic E-state index is 13.6. The predicted octanol–water partition coefficient (Wildman–Crippen LogP) is 6.23. The van der Waals surface area contributed by atoms with E-state index >= 15 is 0 Å². The third-order valence-corrected chi connectivity index (χ3v) is 7.78. The molecular formula is C33H33FN4O6. The van der Waals surface area contributed by atoms with Gasteiger partial charge in [0.05, 0.1) is 25.4 Å². The normalized spacial score (nSPS) is 15.1. The number of fused-ring (bicyclic) bond motifs is 1. The lowest BCUT2D eigenvalue weighted by atomic mass is 10.0. The van der Waals surface area contributed by atoms with Gasteiger partial charge < -0.3 is 24.4 Å². The summed E-state index contributed by atoms with van der Waals surface area (Å²) in [5.74, 6) is -0.703. The van der Waals surface area contributed by atoms with Gasteiger partial charge in [-0.25, -0.2) is 14.1 Å². The van der Waals surface area contributed by atoms with Crippen LogP contribution in [0.5, 0.6) is 23.0 Å². The van der Waals surface area contributed by atoms with Crippen LogP contribution in [0.15, 0.2) is 60.8 Å². The molecule has 44 heavy (non-hydrogen) atoms. The highest BCUT2D eigenvalue weighted by Crippen LogP contribution is 2.38. The second-order valence-corrected chi connectivity index (χ2v) is 10.7. The molecule has 1 aliphatic heterocycles. The van der Waals surface area contributed by atoms with Crippen LogP contribution in [-0.2, 0) is 9.59 Å². The SMILES string of the molecule is COc1cc2nccc(Oc3ccc(NC(=O)C4CN(C(C)C)C(=O)N(c5ccc(F)cc5)C4=O)c(C)c3C)c2cc1OC. The lowest BCUT2D eigenvalue weighted by molar-refractivity contribution is -0.132. The molecule has 0 spiro atoms. The minimum absolute atomic E-state index is 0.0819. The number of anilines is 2. The van der Waals surface area contributed by atoms with E-state index in [1.165, 1.54) is 17.0 Å². The summed E-state index contributed by atoms with van der Waals surface area (Å²) in [6.07, 6.45) is 1.64. The zero-order chi connectivity index (χ0) is 31.7. The number of benzene rings is 3. The zero-order valence-electron chi connectivity index (χ0n) is 25.3. The quantitative estimate of drug-likeness (QED) is 0.239. The third-order valence-electron chi connectivity index (χ3n) is 7.78. The minimum atomic E-state index is -1.18. The van der Waals surface area contributed by atoms with Crippen LogP contribution < -0.4 is 24.4 Å². The van der Waals surface area contributed by atoms with Crippen LogP contribution >= 0.6 is 0 Å². The molecule has 1 N–H and O–H groups in total. The van der Waals surface area contributed by atoms with Crippen molar-refractivity contribution in [1.29, 1.82) is 0 Å². The topological polar surface area (TPSA) is 110 Å². The number of carbonyl (C=O) groups is 3. The van der Waals surface area contributed by atoms with Crippen LogP contribution in [0.4, 0.5) is 20.6 Å². The fourth-order valence-corrected chi connectivity index (χ4v) is 5.10. The Morgan fingerprint density at radius 1 is 0.932 bits per heavy atom. The number of rotatable bonds is 8. The van der Waals surface area contributed by atoms with Gasteiger partial charge in [0.1, 0.15) is 23.2 Å². The summed E-state index contributed by atoms with van der Waals surface area (Å²) in [5.41, 5.74) is 2.87. The Morgan fingerprint density at radius 2 is 1.61 bits per heavy atom. The summed E-state index contributed by atoms with van der Waals surface area (Å²) in [4.78, 5) is 47.1. The molecule has 10 nitrogen and oxygen atoms in total. The number of pyridine rings is 1. The molecular weight excluding hydrogens is 567 g/mol. The predicted molar refractivity (Wildman–Crippen MR) is 164 cm³/mol. The van der Waals surface area contributed by atoms with Gasteiger partial charge in [0.15, 0.2) is 11.5 Å².